The highest BCUT2D eigenvalue weighted by Gasteiger charge is 2.11. The van der Waals surface area contributed by atoms with E-state index < -0.39 is 0 Å². The first-order valence-corrected chi connectivity index (χ1v) is 4.85. The molecule has 0 atom stereocenters. The van der Waals surface area contributed by atoms with E-state index in [1.54, 1.807) is 17.0 Å². The summed E-state index contributed by atoms with van der Waals surface area (Å²) >= 11 is 0. The molecule has 2 N–H and O–H groups in total. The number of nitrogens with zero attached hydrogens (tertiary/aromatic N) is 5. The van der Waals surface area contributed by atoms with Gasteiger partial charge in [-0.05, 0) is 0 Å². The van der Waals surface area contributed by atoms with Gasteiger partial charge in [-0.15, -0.1) is 4.98 Å². The Labute approximate surface area is 97.4 Å². The largest absolute Gasteiger partial charge is 0.467 e. The van der Waals surface area contributed by atoms with Gasteiger partial charge in [-0.1, -0.05) is 0 Å². The Morgan fingerprint density at radius 2 is 1.82 bits per heavy atom. The monoisotopic (exact) mass is 236 g/mol. The van der Waals surface area contributed by atoms with Crippen molar-refractivity contribution in [3.8, 4) is 18.0 Å². The molecular formula is C9H12N6O2. The third kappa shape index (κ3) is 2.16. The normalized spacial score (nSPS) is 10.3. The lowest BCUT2D eigenvalue weighted by molar-refractivity contribution is 0.338. The fourth-order valence-electron chi connectivity index (χ4n) is 1.29. The number of aromatic nitrogens is 5. The maximum absolute atomic E-state index is 5.56. The smallest absolute Gasteiger partial charge is 0.324 e. The lowest BCUT2D eigenvalue weighted by Gasteiger charge is -2.07. The van der Waals surface area contributed by atoms with Crippen molar-refractivity contribution in [2.45, 2.75) is 6.54 Å². The van der Waals surface area contributed by atoms with E-state index in [1.165, 1.54) is 14.2 Å². The summed E-state index contributed by atoms with van der Waals surface area (Å²) in [6.07, 6.45) is 3.32. The summed E-state index contributed by atoms with van der Waals surface area (Å²) in [6, 6.07) is 0.340. The van der Waals surface area contributed by atoms with Crippen molar-refractivity contribution < 1.29 is 9.47 Å². The lowest BCUT2D eigenvalue weighted by atomic mass is 10.6. The first-order valence-electron chi connectivity index (χ1n) is 4.85. The van der Waals surface area contributed by atoms with Crippen molar-refractivity contribution in [3.63, 3.8) is 0 Å². The first kappa shape index (κ1) is 11.3. The second kappa shape index (κ2) is 4.74. The minimum absolute atomic E-state index is 0.170. The van der Waals surface area contributed by atoms with Gasteiger partial charge in [-0.25, -0.2) is 4.98 Å². The number of ether oxygens (including phenoxy) is 2. The standard InChI is InChI=1S/C9H12N6O2/c1-16-8-12-7(13-9(14-8)17-2)15-4-3-11-6(15)5-10/h3-4H,5,10H2,1-2H3. The predicted molar refractivity (Wildman–Crippen MR) is 57.9 cm³/mol. The van der Waals surface area contributed by atoms with Crippen LogP contribution >= 0.6 is 0 Å². The van der Waals surface area contributed by atoms with Gasteiger partial charge in [0.05, 0.1) is 20.8 Å². The Kier molecular flexibility index (Phi) is 3.15. The Morgan fingerprint density at radius 1 is 1.18 bits per heavy atom. The van der Waals surface area contributed by atoms with E-state index >= 15 is 0 Å². The number of hydrogen-bond acceptors (Lipinski definition) is 7. The quantitative estimate of drug-likeness (QED) is 0.765. The number of rotatable bonds is 4. The van der Waals surface area contributed by atoms with Crippen molar-refractivity contribution in [3.05, 3.63) is 18.2 Å². The average molecular weight is 236 g/mol. The van der Waals surface area contributed by atoms with Crippen molar-refractivity contribution in [2.24, 2.45) is 5.73 Å². The summed E-state index contributed by atoms with van der Waals surface area (Å²) in [6.45, 7) is 0.281. The third-order valence-corrected chi connectivity index (χ3v) is 2.06. The van der Waals surface area contributed by atoms with Crippen LogP contribution in [0.15, 0.2) is 12.4 Å². The molecule has 0 spiro atoms. The van der Waals surface area contributed by atoms with Gasteiger partial charge in [-0.2, -0.15) is 9.97 Å². The van der Waals surface area contributed by atoms with E-state index in [9.17, 15) is 0 Å². The molecule has 2 aromatic rings. The number of hydrogen-bond donors (Lipinski definition) is 1. The minimum atomic E-state index is 0.170. The van der Waals surface area contributed by atoms with E-state index in [1.807, 2.05) is 0 Å². The highest BCUT2D eigenvalue weighted by atomic mass is 16.5. The molecule has 8 heteroatoms. The fraction of sp³-hybridized carbons (Fsp3) is 0.333. The van der Waals surface area contributed by atoms with Crippen molar-refractivity contribution in [1.82, 2.24) is 24.5 Å². The van der Waals surface area contributed by atoms with Crippen molar-refractivity contribution in [2.75, 3.05) is 14.2 Å². The van der Waals surface area contributed by atoms with Crippen LogP contribution < -0.4 is 15.2 Å². The van der Waals surface area contributed by atoms with Crippen LogP contribution in [-0.2, 0) is 6.54 Å². The van der Waals surface area contributed by atoms with Gasteiger partial charge in [0.1, 0.15) is 5.82 Å². The van der Waals surface area contributed by atoms with Crippen LogP contribution in [0.5, 0.6) is 12.0 Å². The van der Waals surface area contributed by atoms with Crippen LogP contribution in [0.1, 0.15) is 5.82 Å². The zero-order valence-corrected chi connectivity index (χ0v) is 9.49. The van der Waals surface area contributed by atoms with E-state index in [4.69, 9.17) is 15.2 Å². The highest BCUT2D eigenvalue weighted by Crippen LogP contribution is 2.13. The SMILES string of the molecule is COc1nc(OC)nc(-n2ccnc2CN)n1. The molecule has 0 aliphatic rings. The second-order valence-corrected chi connectivity index (χ2v) is 3.03. The van der Waals surface area contributed by atoms with Crippen molar-refractivity contribution >= 4 is 0 Å². The van der Waals surface area contributed by atoms with Gasteiger partial charge in [0.15, 0.2) is 0 Å². The predicted octanol–water partition coefficient (Wildman–Crippen LogP) is -0.467. The summed E-state index contributed by atoms with van der Waals surface area (Å²) in [4.78, 5) is 16.2. The summed E-state index contributed by atoms with van der Waals surface area (Å²) in [5, 5.41) is 0. The molecule has 90 valence electrons. The third-order valence-electron chi connectivity index (χ3n) is 2.06. The van der Waals surface area contributed by atoms with Gasteiger partial charge in [0, 0.05) is 12.4 Å². The summed E-state index contributed by atoms with van der Waals surface area (Å²) in [7, 11) is 2.94. The van der Waals surface area contributed by atoms with E-state index in [0.29, 0.717) is 11.8 Å². The molecule has 17 heavy (non-hydrogen) atoms. The molecule has 0 aliphatic heterocycles. The average Bonchev–Trinajstić information content (AvgIpc) is 2.86. The molecule has 0 saturated heterocycles. The Morgan fingerprint density at radius 3 is 2.35 bits per heavy atom. The fourth-order valence-corrected chi connectivity index (χ4v) is 1.29. The molecule has 0 radical (unpaired) electrons. The number of nitrogens with two attached hydrogens (primary N) is 1. The highest BCUT2D eigenvalue weighted by molar-refractivity contribution is 5.20. The van der Waals surface area contributed by atoms with E-state index in [0.717, 1.165) is 0 Å². The Hall–Kier alpha value is -2.22. The van der Waals surface area contributed by atoms with E-state index in [2.05, 4.69) is 19.9 Å². The molecule has 0 amide bonds. The minimum Gasteiger partial charge on any atom is -0.467 e. The van der Waals surface area contributed by atoms with Crippen LogP contribution in [0.2, 0.25) is 0 Å². The zero-order valence-electron chi connectivity index (χ0n) is 9.49. The molecule has 0 bridgehead atoms. The maximum Gasteiger partial charge on any atom is 0.324 e. The molecule has 0 aliphatic carbocycles. The number of methoxy groups -OCH3 is 2. The number of imidazole rings is 1. The first-order chi connectivity index (χ1) is 8.28. The van der Waals surface area contributed by atoms with Crippen LogP contribution in [0.25, 0.3) is 5.95 Å². The van der Waals surface area contributed by atoms with Crippen LogP contribution in [0.4, 0.5) is 0 Å². The summed E-state index contributed by atoms with van der Waals surface area (Å²) in [5.74, 6) is 0.993. The van der Waals surface area contributed by atoms with Gasteiger partial charge in [0.25, 0.3) is 0 Å². The second-order valence-electron chi connectivity index (χ2n) is 3.03. The molecule has 2 aromatic heterocycles. The van der Waals surface area contributed by atoms with Crippen LogP contribution in [-0.4, -0.2) is 38.7 Å². The molecule has 0 saturated carbocycles. The molecule has 0 fully saturated rings. The molecular weight excluding hydrogens is 224 g/mol. The van der Waals surface area contributed by atoms with Crippen LogP contribution in [0.3, 0.4) is 0 Å². The molecule has 2 heterocycles. The topological polar surface area (TPSA) is 101 Å². The van der Waals surface area contributed by atoms with Gasteiger partial charge in [-0.3, -0.25) is 4.57 Å². The van der Waals surface area contributed by atoms with E-state index in [-0.39, 0.29) is 18.6 Å². The zero-order chi connectivity index (χ0) is 12.3. The summed E-state index contributed by atoms with van der Waals surface area (Å²) in [5.41, 5.74) is 5.56. The molecule has 0 aromatic carbocycles. The molecule has 2 rings (SSSR count). The van der Waals surface area contributed by atoms with Gasteiger partial charge in [0.2, 0.25) is 5.95 Å². The maximum atomic E-state index is 5.56. The summed E-state index contributed by atoms with van der Waals surface area (Å²) < 4.78 is 11.6. The van der Waals surface area contributed by atoms with Gasteiger partial charge < -0.3 is 15.2 Å². The Balaban J connectivity index is 2.51. The Bertz CT molecular complexity index is 490. The molecule has 8 nitrogen and oxygen atoms in total. The van der Waals surface area contributed by atoms with Crippen molar-refractivity contribution in [1.29, 1.82) is 0 Å². The molecule has 0 unspecified atom stereocenters. The lowest BCUT2D eigenvalue weighted by Crippen LogP contribution is -2.11. The van der Waals surface area contributed by atoms with Crippen LogP contribution in [0, 0.1) is 0 Å². The van der Waals surface area contributed by atoms with Gasteiger partial charge >= 0.3 is 12.0 Å².